The van der Waals surface area contributed by atoms with Gasteiger partial charge in [-0.1, -0.05) is 12.1 Å². The first-order valence-electron chi connectivity index (χ1n) is 4.57. The van der Waals surface area contributed by atoms with Crippen LogP contribution in [0.1, 0.15) is 5.56 Å². The van der Waals surface area contributed by atoms with E-state index in [-0.39, 0.29) is 6.61 Å². The van der Waals surface area contributed by atoms with Crippen LogP contribution >= 0.6 is 0 Å². The predicted octanol–water partition coefficient (Wildman–Crippen LogP) is 1.66. The zero-order valence-corrected chi connectivity index (χ0v) is 7.77. The Morgan fingerprint density at radius 3 is 2.36 bits per heavy atom. The van der Waals surface area contributed by atoms with Gasteiger partial charge in [0.15, 0.2) is 6.20 Å². The molecule has 0 saturated heterocycles. The monoisotopic (exact) mass is 186 g/mol. The second-order valence-electron chi connectivity index (χ2n) is 3.13. The van der Waals surface area contributed by atoms with Crippen LogP contribution in [0.15, 0.2) is 48.7 Å². The quantitative estimate of drug-likeness (QED) is 0.760. The molecule has 0 amide bonds. The molecule has 0 aliphatic heterocycles. The van der Waals surface area contributed by atoms with Crippen molar-refractivity contribution in [3.8, 4) is 11.3 Å². The van der Waals surface area contributed by atoms with Gasteiger partial charge in [-0.05, 0) is 23.8 Å². The first-order valence-corrected chi connectivity index (χ1v) is 4.57. The van der Waals surface area contributed by atoms with Gasteiger partial charge in [-0.3, -0.25) is 0 Å². The van der Waals surface area contributed by atoms with Crippen molar-refractivity contribution in [2.45, 2.75) is 6.61 Å². The Kier molecular flexibility index (Phi) is 2.56. The maximum atomic E-state index is 8.89. The molecule has 14 heavy (non-hydrogen) atoms. The molecule has 2 N–H and O–H groups in total. The number of aromatic nitrogens is 1. The van der Waals surface area contributed by atoms with Crippen LogP contribution in [-0.2, 0) is 6.61 Å². The van der Waals surface area contributed by atoms with Crippen molar-refractivity contribution in [1.29, 1.82) is 0 Å². The third-order valence-electron chi connectivity index (χ3n) is 2.16. The van der Waals surface area contributed by atoms with Crippen LogP contribution in [0.5, 0.6) is 0 Å². The minimum absolute atomic E-state index is 0.0960. The standard InChI is InChI=1S/C12H11NO/c14-9-10-4-6-11(7-5-10)12-3-1-2-8-13-12/h1-8,14H,9H2/p+1. The SMILES string of the molecule is OCc1ccc(-c2cccc[nH+]2)cc1. The lowest BCUT2D eigenvalue weighted by Crippen LogP contribution is -2.04. The van der Waals surface area contributed by atoms with Gasteiger partial charge in [-0.15, -0.1) is 0 Å². The Morgan fingerprint density at radius 1 is 1.00 bits per heavy atom. The molecule has 1 aromatic carbocycles. The van der Waals surface area contributed by atoms with E-state index in [1.807, 2.05) is 48.7 Å². The fourth-order valence-electron chi connectivity index (χ4n) is 1.36. The Morgan fingerprint density at radius 2 is 1.79 bits per heavy atom. The number of nitrogens with one attached hydrogen (secondary N) is 1. The Labute approximate surface area is 82.9 Å². The maximum Gasteiger partial charge on any atom is 0.210 e. The minimum Gasteiger partial charge on any atom is -0.392 e. The smallest absolute Gasteiger partial charge is 0.210 e. The fourth-order valence-corrected chi connectivity index (χ4v) is 1.36. The zero-order valence-electron chi connectivity index (χ0n) is 7.77. The first kappa shape index (κ1) is 8.91. The predicted molar refractivity (Wildman–Crippen MR) is 54.4 cm³/mol. The maximum absolute atomic E-state index is 8.89. The molecule has 2 aromatic rings. The van der Waals surface area contributed by atoms with Crippen molar-refractivity contribution in [3.63, 3.8) is 0 Å². The van der Waals surface area contributed by atoms with E-state index >= 15 is 0 Å². The molecule has 1 heterocycles. The van der Waals surface area contributed by atoms with Gasteiger partial charge < -0.3 is 5.11 Å². The molecule has 0 fully saturated rings. The summed E-state index contributed by atoms with van der Waals surface area (Å²) in [5.74, 6) is 0. The Hall–Kier alpha value is -1.67. The molecule has 0 aliphatic rings. The molecule has 1 aromatic heterocycles. The van der Waals surface area contributed by atoms with Crippen LogP contribution in [0, 0.1) is 0 Å². The van der Waals surface area contributed by atoms with Crippen LogP contribution in [0.2, 0.25) is 0 Å². The van der Waals surface area contributed by atoms with Crippen LogP contribution in [0.3, 0.4) is 0 Å². The summed E-state index contributed by atoms with van der Waals surface area (Å²) in [4.78, 5) is 3.16. The summed E-state index contributed by atoms with van der Waals surface area (Å²) >= 11 is 0. The van der Waals surface area contributed by atoms with Gasteiger partial charge in [0.1, 0.15) is 0 Å². The van der Waals surface area contributed by atoms with Crippen molar-refractivity contribution in [2.24, 2.45) is 0 Å². The van der Waals surface area contributed by atoms with Gasteiger partial charge in [0.25, 0.3) is 0 Å². The van der Waals surface area contributed by atoms with Crippen LogP contribution < -0.4 is 4.98 Å². The molecular weight excluding hydrogens is 174 g/mol. The van der Waals surface area contributed by atoms with Crippen LogP contribution in [0.25, 0.3) is 11.3 Å². The topological polar surface area (TPSA) is 34.4 Å². The largest absolute Gasteiger partial charge is 0.392 e. The Bertz CT molecular complexity index is 394. The highest BCUT2D eigenvalue weighted by Gasteiger charge is 2.02. The normalized spacial score (nSPS) is 10.1. The zero-order chi connectivity index (χ0) is 9.80. The molecular formula is C12H12NO+. The Balaban J connectivity index is 2.34. The average molecular weight is 186 g/mol. The lowest BCUT2D eigenvalue weighted by atomic mass is 10.1. The second-order valence-corrected chi connectivity index (χ2v) is 3.13. The van der Waals surface area contributed by atoms with Gasteiger partial charge in [-0.25, -0.2) is 4.98 Å². The minimum atomic E-state index is 0.0960. The average Bonchev–Trinajstić information content (AvgIpc) is 2.30. The third-order valence-corrected chi connectivity index (χ3v) is 2.16. The number of H-pyrrole nitrogens is 1. The third kappa shape index (κ3) is 1.80. The molecule has 0 spiro atoms. The van der Waals surface area contributed by atoms with Crippen LogP contribution in [0.4, 0.5) is 0 Å². The van der Waals surface area contributed by atoms with Gasteiger partial charge in [0, 0.05) is 17.7 Å². The molecule has 70 valence electrons. The summed E-state index contributed by atoms with van der Waals surface area (Å²) < 4.78 is 0. The van der Waals surface area contributed by atoms with E-state index in [1.54, 1.807) is 0 Å². The lowest BCUT2D eigenvalue weighted by molar-refractivity contribution is -0.364. The van der Waals surface area contributed by atoms with Gasteiger partial charge in [0.05, 0.1) is 6.61 Å². The van der Waals surface area contributed by atoms with Gasteiger partial charge in [-0.2, -0.15) is 0 Å². The number of hydrogen-bond acceptors (Lipinski definition) is 1. The number of hydrogen-bond donors (Lipinski definition) is 1. The number of aromatic amines is 1. The molecule has 0 bridgehead atoms. The number of benzene rings is 1. The molecule has 0 saturated carbocycles. The molecule has 2 heteroatoms. The summed E-state index contributed by atoms with van der Waals surface area (Å²) in [6, 6.07) is 13.8. The van der Waals surface area contributed by atoms with Crippen molar-refractivity contribution >= 4 is 0 Å². The number of rotatable bonds is 2. The first-order chi connectivity index (χ1) is 6.90. The van der Waals surface area contributed by atoms with E-state index in [4.69, 9.17) is 5.11 Å². The molecule has 0 aliphatic carbocycles. The van der Waals surface area contributed by atoms with Gasteiger partial charge >= 0.3 is 0 Å². The molecule has 2 rings (SSSR count). The summed E-state index contributed by atoms with van der Waals surface area (Å²) in [6.07, 6.45) is 1.90. The molecule has 0 atom stereocenters. The van der Waals surface area contributed by atoms with E-state index in [0.717, 1.165) is 16.8 Å². The molecule has 0 unspecified atom stereocenters. The lowest BCUT2D eigenvalue weighted by Gasteiger charge is -1.97. The highest BCUT2D eigenvalue weighted by atomic mass is 16.3. The van der Waals surface area contributed by atoms with E-state index in [0.29, 0.717) is 0 Å². The van der Waals surface area contributed by atoms with E-state index in [9.17, 15) is 0 Å². The van der Waals surface area contributed by atoms with Gasteiger partial charge in [0.2, 0.25) is 5.69 Å². The van der Waals surface area contributed by atoms with Crippen molar-refractivity contribution in [3.05, 3.63) is 54.2 Å². The number of pyridine rings is 1. The highest BCUT2D eigenvalue weighted by Crippen LogP contribution is 2.14. The van der Waals surface area contributed by atoms with Crippen LogP contribution in [-0.4, -0.2) is 5.11 Å². The summed E-state index contributed by atoms with van der Waals surface area (Å²) in [7, 11) is 0. The fraction of sp³-hybridized carbons (Fsp3) is 0.0833. The number of aliphatic hydroxyl groups is 1. The van der Waals surface area contributed by atoms with Crippen molar-refractivity contribution in [1.82, 2.24) is 0 Å². The summed E-state index contributed by atoms with van der Waals surface area (Å²) in [5.41, 5.74) is 3.14. The summed E-state index contributed by atoms with van der Waals surface area (Å²) in [5, 5.41) is 8.89. The summed E-state index contributed by atoms with van der Waals surface area (Å²) in [6.45, 7) is 0.0960. The number of aliphatic hydroxyl groups excluding tert-OH is 1. The molecule has 0 radical (unpaired) electrons. The van der Waals surface area contributed by atoms with E-state index < -0.39 is 0 Å². The highest BCUT2D eigenvalue weighted by molar-refractivity contribution is 5.55. The van der Waals surface area contributed by atoms with Crippen molar-refractivity contribution < 1.29 is 10.1 Å². The van der Waals surface area contributed by atoms with Crippen molar-refractivity contribution in [2.75, 3.05) is 0 Å². The second kappa shape index (κ2) is 4.03. The van der Waals surface area contributed by atoms with E-state index in [2.05, 4.69) is 4.98 Å². The molecule has 2 nitrogen and oxygen atoms in total. The van der Waals surface area contributed by atoms with E-state index in [1.165, 1.54) is 0 Å².